The smallest absolute Gasteiger partial charge is 0.408 e. The van der Waals surface area contributed by atoms with E-state index in [0.717, 1.165) is 18.2 Å². The molecule has 0 saturated carbocycles. The number of halogens is 1. The maximum absolute atomic E-state index is 13.4. The van der Waals surface area contributed by atoms with Crippen molar-refractivity contribution >= 4 is 18.1 Å². The zero-order chi connectivity index (χ0) is 17.1. The minimum Gasteiger partial charge on any atom is -0.444 e. The van der Waals surface area contributed by atoms with E-state index in [0.29, 0.717) is 6.29 Å². The zero-order valence-corrected chi connectivity index (χ0v) is 12.7. The van der Waals surface area contributed by atoms with Gasteiger partial charge in [-0.05, 0) is 39.8 Å². The highest BCUT2D eigenvalue weighted by molar-refractivity contribution is 5.79. The molecule has 0 aliphatic rings. The minimum absolute atomic E-state index is 0.265. The van der Waals surface area contributed by atoms with Gasteiger partial charge in [0.05, 0.1) is 10.5 Å². The van der Waals surface area contributed by atoms with Crippen LogP contribution in [0.15, 0.2) is 18.2 Å². The summed E-state index contributed by atoms with van der Waals surface area (Å²) >= 11 is 0. The van der Waals surface area contributed by atoms with Crippen molar-refractivity contribution in [3.8, 4) is 0 Å². The van der Waals surface area contributed by atoms with E-state index in [9.17, 15) is 24.1 Å². The minimum atomic E-state index is -1.80. The molecule has 8 heteroatoms. The average Bonchev–Trinajstić information content (AvgIpc) is 2.35. The number of nitro groups is 1. The van der Waals surface area contributed by atoms with Crippen LogP contribution in [-0.4, -0.2) is 22.9 Å². The number of benzene rings is 1. The predicted molar refractivity (Wildman–Crippen MR) is 75.8 cm³/mol. The van der Waals surface area contributed by atoms with Crippen molar-refractivity contribution in [2.24, 2.45) is 0 Å². The van der Waals surface area contributed by atoms with Gasteiger partial charge in [-0.15, -0.1) is 0 Å². The number of hydrogen-bond acceptors (Lipinski definition) is 5. The van der Waals surface area contributed by atoms with Gasteiger partial charge in [-0.1, -0.05) is 0 Å². The number of ether oxygens (including phenoxy) is 1. The molecule has 120 valence electrons. The van der Waals surface area contributed by atoms with Gasteiger partial charge in [0.15, 0.2) is 0 Å². The van der Waals surface area contributed by atoms with Crippen LogP contribution in [0.4, 0.5) is 14.9 Å². The molecule has 1 N–H and O–H groups in total. The molecule has 0 bridgehead atoms. The topological polar surface area (TPSA) is 98.5 Å². The Morgan fingerprint density at radius 3 is 2.41 bits per heavy atom. The van der Waals surface area contributed by atoms with E-state index in [1.54, 1.807) is 20.8 Å². The van der Waals surface area contributed by atoms with Gasteiger partial charge in [-0.3, -0.25) is 10.1 Å². The molecule has 0 fully saturated rings. The maximum atomic E-state index is 13.4. The summed E-state index contributed by atoms with van der Waals surface area (Å²) in [6.07, 6.45) is -0.653. The Morgan fingerprint density at radius 1 is 1.36 bits per heavy atom. The number of nitrogens with zero attached hydrogens (tertiary/aromatic N) is 1. The van der Waals surface area contributed by atoms with E-state index in [4.69, 9.17) is 4.74 Å². The highest BCUT2D eigenvalue weighted by Crippen LogP contribution is 2.29. The highest BCUT2D eigenvalue weighted by atomic mass is 19.1. The van der Waals surface area contributed by atoms with Gasteiger partial charge < -0.3 is 14.8 Å². The molecule has 0 aliphatic heterocycles. The van der Waals surface area contributed by atoms with Gasteiger partial charge >= 0.3 is 6.09 Å². The normalized spacial score (nSPS) is 13.9. The van der Waals surface area contributed by atoms with Crippen molar-refractivity contribution in [3.05, 3.63) is 39.7 Å². The third kappa shape index (κ3) is 4.24. The van der Waals surface area contributed by atoms with Crippen LogP contribution < -0.4 is 5.32 Å². The lowest BCUT2D eigenvalue weighted by Gasteiger charge is -2.27. The Morgan fingerprint density at radius 2 is 1.95 bits per heavy atom. The first kappa shape index (κ1) is 17.5. The molecule has 0 saturated heterocycles. The summed E-state index contributed by atoms with van der Waals surface area (Å²) in [6, 6.07) is 2.67. The summed E-state index contributed by atoms with van der Waals surface area (Å²) in [5.74, 6) is -0.764. The van der Waals surface area contributed by atoms with Crippen LogP contribution in [0, 0.1) is 15.9 Å². The number of nitro benzene ring substituents is 1. The number of carbonyl (C=O) groups excluding carboxylic acids is 2. The van der Waals surface area contributed by atoms with E-state index < -0.39 is 33.7 Å². The van der Waals surface area contributed by atoms with E-state index in [2.05, 4.69) is 5.32 Å². The fraction of sp³-hybridized carbons (Fsp3) is 0.429. The Labute approximate surface area is 126 Å². The Kier molecular flexibility index (Phi) is 4.85. The van der Waals surface area contributed by atoms with Crippen LogP contribution in [0.25, 0.3) is 0 Å². The van der Waals surface area contributed by atoms with Gasteiger partial charge in [0.25, 0.3) is 5.69 Å². The van der Waals surface area contributed by atoms with Crippen LogP contribution >= 0.6 is 0 Å². The second kappa shape index (κ2) is 6.08. The second-order valence-electron chi connectivity index (χ2n) is 5.87. The highest BCUT2D eigenvalue weighted by Gasteiger charge is 2.36. The molecule has 7 nitrogen and oxygen atoms in total. The van der Waals surface area contributed by atoms with Crippen molar-refractivity contribution in [2.75, 3.05) is 0 Å². The van der Waals surface area contributed by atoms with Gasteiger partial charge in [0, 0.05) is 6.07 Å². The lowest BCUT2D eigenvalue weighted by Crippen LogP contribution is -2.47. The largest absolute Gasteiger partial charge is 0.444 e. The van der Waals surface area contributed by atoms with Crippen LogP contribution in [0.3, 0.4) is 0 Å². The Bertz CT molecular complexity index is 612. The molecular weight excluding hydrogens is 295 g/mol. The summed E-state index contributed by atoms with van der Waals surface area (Å²) in [5.41, 5.74) is -3.36. The monoisotopic (exact) mass is 312 g/mol. The first-order valence-corrected chi connectivity index (χ1v) is 6.40. The first-order valence-electron chi connectivity index (χ1n) is 6.40. The third-order valence-corrected chi connectivity index (χ3v) is 2.71. The van der Waals surface area contributed by atoms with Gasteiger partial charge in [0.1, 0.15) is 23.2 Å². The quantitative estimate of drug-likeness (QED) is 0.523. The fourth-order valence-corrected chi connectivity index (χ4v) is 1.76. The number of carbonyl (C=O) groups is 2. The summed E-state index contributed by atoms with van der Waals surface area (Å²) in [7, 11) is 0. The molecule has 0 heterocycles. The lowest BCUT2D eigenvalue weighted by molar-refractivity contribution is -0.386. The molecule has 0 radical (unpaired) electrons. The van der Waals surface area contributed by atoms with Crippen molar-refractivity contribution < 1.29 is 23.6 Å². The molecule has 1 amide bonds. The van der Waals surface area contributed by atoms with Gasteiger partial charge in [-0.25, -0.2) is 9.18 Å². The Balaban J connectivity index is 3.24. The third-order valence-electron chi connectivity index (χ3n) is 2.71. The number of rotatable bonds is 4. The second-order valence-corrected chi connectivity index (χ2v) is 5.87. The SMILES string of the molecule is CC(C)(C)OC(=O)NC(C)(C=O)c1cc(F)ccc1[N+](=O)[O-]. The number of hydrogen-bond donors (Lipinski definition) is 1. The molecule has 1 aromatic rings. The maximum Gasteiger partial charge on any atom is 0.408 e. The van der Waals surface area contributed by atoms with Gasteiger partial charge in [-0.2, -0.15) is 0 Å². The van der Waals surface area contributed by atoms with E-state index in [-0.39, 0.29) is 5.56 Å². The number of amides is 1. The summed E-state index contributed by atoms with van der Waals surface area (Å²) in [4.78, 5) is 33.5. The number of nitrogens with one attached hydrogen (secondary N) is 1. The van der Waals surface area contributed by atoms with Crippen molar-refractivity contribution in [1.29, 1.82) is 0 Å². The van der Waals surface area contributed by atoms with E-state index in [1.165, 1.54) is 6.92 Å². The zero-order valence-electron chi connectivity index (χ0n) is 12.7. The lowest BCUT2D eigenvalue weighted by atomic mass is 9.92. The number of aldehydes is 1. The molecule has 0 spiro atoms. The van der Waals surface area contributed by atoms with Crippen LogP contribution in [0.1, 0.15) is 33.3 Å². The molecule has 22 heavy (non-hydrogen) atoms. The van der Waals surface area contributed by atoms with Crippen LogP contribution in [0.5, 0.6) is 0 Å². The van der Waals surface area contributed by atoms with Crippen molar-refractivity contribution in [3.63, 3.8) is 0 Å². The van der Waals surface area contributed by atoms with E-state index in [1.807, 2.05) is 0 Å². The standard InChI is InChI=1S/C14H17FN2O5/c1-13(2,3)22-12(19)16-14(4,8-18)10-7-9(15)5-6-11(10)17(20)21/h5-8H,1-4H3,(H,16,19). The summed E-state index contributed by atoms with van der Waals surface area (Å²) in [6.45, 7) is 6.09. The molecular formula is C14H17FN2O5. The number of alkyl carbamates (subject to hydrolysis) is 1. The predicted octanol–water partition coefficient (Wildman–Crippen LogP) is 2.67. The average molecular weight is 312 g/mol. The molecule has 1 unspecified atom stereocenters. The molecule has 1 atom stereocenters. The molecule has 1 aromatic carbocycles. The first-order chi connectivity index (χ1) is 9.98. The van der Waals surface area contributed by atoms with Crippen LogP contribution in [0.2, 0.25) is 0 Å². The Hall–Kier alpha value is -2.51. The fourth-order valence-electron chi connectivity index (χ4n) is 1.76. The van der Waals surface area contributed by atoms with Crippen molar-refractivity contribution in [2.45, 2.75) is 38.8 Å². The van der Waals surface area contributed by atoms with Gasteiger partial charge in [0.2, 0.25) is 0 Å². The van der Waals surface area contributed by atoms with E-state index >= 15 is 0 Å². The summed E-state index contributed by atoms with van der Waals surface area (Å²) in [5, 5.41) is 13.3. The summed E-state index contributed by atoms with van der Waals surface area (Å²) < 4.78 is 18.4. The molecule has 1 rings (SSSR count). The molecule has 0 aliphatic carbocycles. The van der Waals surface area contributed by atoms with Crippen molar-refractivity contribution in [1.82, 2.24) is 5.32 Å². The molecule has 0 aromatic heterocycles. The van der Waals surface area contributed by atoms with Crippen LogP contribution in [-0.2, 0) is 15.1 Å².